The largest absolute Gasteiger partial charge is 0.479 e. The standard InChI is InChI=1S/C12H20F3NO3/c1-4-6-8(7-5-2)9(17)16-11(3,10(18)19)12(13,14)15/h8H,4-7H2,1-3H3,(H,16,17)(H,18,19). The van der Waals surface area contributed by atoms with Crippen LogP contribution in [0.1, 0.15) is 46.5 Å². The van der Waals surface area contributed by atoms with E-state index in [1.165, 1.54) is 0 Å². The highest BCUT2D eigenvalue weighted by Crippen LogP contribution is 2.31. The minimum atomic E-state index is -5.04. The molecule has 0 bridgehead atoms. The molecule has 0 aliphatic carbocycles. The van der Waals surface area contributed by atoms with Crippen LogP contribution in [0.4, 0.5) is 13.2 Å². The Balaban J connectivity index is 5.05. The summed E-state index contributed by atoms with van der Waals surface area (Å²) < 4.78 is 38.3. The normalized spacial score (nSPS) is 15.1. The fraction of sp³-hybridized carbons (Fsp3) is 0.833. The number of amides is 1. The van der Waals surface area contributed by atoms with Crippen LogP contribution >= 0.6 is 0 Å². The summed E-state index contributed by atoms with van der Waals surface area (Å²) in [4.78, 5) is 22.6. The molecule has 0 radical (unpaired) electrons. The van der Waals surface area contributed by atoms with Gasteiger partial charge in [-0.05, 0) is 19.8 Å². The molecule has 0 spiro atoms. The van der Waals surface area contributed by atoms with E-state index in [2.05, 4.69) is 0 Å². The molecule has 2 N–H and O–H groups in total. The number of carboxylic acid groups (broad SMARTS) is 1. The Bertz CT molecular complexity index is 325. The Morgan fingerprint density at radius 3 is 1.84 bits per heavy atom. The number of carbonyl (C=O) groups is 2. The average Bonchev–Trinajstić information content (AvgIpc) is 2.26. The van der Waals surface area contributed by atoms with E-state index >= 15 is 0 Å². The molecule has 1 amide bonds. The van der Waals surface area contributed by atoms with Crippen LogP contribution in [0.3, 0.4) is 0 Å². The van der Waals surface area contributed by atoms with Crippen molar-refractivity contribution in [2.24, 2.45) is 5.92 Å². The van der Waals surface area contributed by atoms with Crippen molar-refractivity contribution < 1.29 is 27.9 Å². The van der Waals surface area contributed by atoms with E-state index in [1.807, 2.05) is 13.8 Å². The van der Waals surface area contributed by atoms with Gasteiger partial charge in [0.15, 0.2) is 0 Å². The molecule has 0 heterocycles. The zero-order valence-corrected chi connectivity index (χ0v) is 11.3. The average molecular weight is 283 g/mol. The minimum Gasteiger partial charge on any atom is -0.479 e. The first kappa shape index (κ1) is 17.7. The molecule has 1 atom stereocenters. The van der Waals surface area contributed by atoms with E-state index < -0.39 is 29.5 Å². The summed E-state index contributed by atoms with van der Waals surface area (Å²) in [6.45, 7) is 4.09. The smallest absolute Gasteiger partial charge is 0.422 e. The van der Waals surface area contributed by atoms with E-state index in [9.17, 15) is 22.8 Å². The van der Waals surface area contributed by atoms with Gasteiger partial charge in [-0.2, -0.15) is 13.2 Å². The van der Waals surface area contributed by atoms with Crippen LogP contribution in [0, 0.1) is 5.92 Å². The third-order valence-corrected chi connectivity index (χ3v) is 3.01. The van der Waals surface area contributed by atoms with E-state index in [0.717, 1.165) is 0 Å². The molecule has 0 aliphatic heterocycles. The molecule has 0 saturated heterocycles. The lowest BCUT2D eigenvalue weighted by atomic mass is 9.94. The molecule has 0 fully saturated rings. The molecule has 0 rings (SSSR count). The molecule has 112 valence electrons. The molecule has 0 aromatic heterocycles. The predicted molar refractivity (Wildman–Crippen MR) is 63.5 cm³/mol. The maximum Gasteiger partial charge on any atom is 0.422 e. The Morgan fingerprint density at radius 1 is 1.16 bits per heavy atom. The van der Waals surface area contributed by atoms with E-state index in [1.54, 1.807) is 5.32 Å². The zero-order valence-electron chi connectivity index (χ0n) is 11.3. The van der Waals surface area contributed by atoms with Gasteiger partial charge in [0.1, 0.15) is 0 Å². The van der Waals surface area contributed by atoms with Crippen LogP contribution in [-0.2, 0) is 9.59 Å². The number of alkyl halides is 3. The number of carbonyl (C=O) groups excluding carboxylic acids is 1. The van der Waals surface area contributed by atoms with Crippen molar-refractivity contribution in [2.45, 2.75) is 58.2 Å². The third-order valence-electron chi connectivity index (χ3n) is 3.01. The first-order valence-electron chi connectivity index (χ1n) is 6.22. The van der Waals surface area contributed by atoms with Crippen molar-refractivity contribution >= 4 is 11.9 Å². The lowest BCUT2D eigenvalue weighted by Crippen LogP contribution is -2.62. The summed E-state index contributed by atoms with van der Waals surface area (Å²) in [6.07, 6.45) is -2.88. The monoisotopic (exact) mass is 283 g/mol. The Hall–Kier alpha value is -1.27. The molecule has 4 nitrogen and oxygen atoms in total. The fourth-order valence-corrected chi connectivity index (χ4v) is 1.70. The number of halogens is 3. The van der Waals surface area contributed by atoms with Gasteiger partial charge >= 0.3 is 12.1 Å². The highest BCUT2D eigenvalue weighted by Gasteiger charge is 2.58. The lowest BCUT2D eigenvalue weighted by molar-refractivity contribution is -0.207. The van der Waals surface area contributed by atoms with Gasteiger partial charge in [0, 0.05) is 5.92 Å². The number of hydrogen-bond donors (Lipinski definition) is 2. The van der Waals surface area contributed by atoms with Crippen molar-refractivity contribution in [3.8, 4) is 0 Å². The Labute approximate surface area is 110 Å². The molecule has 0 aromatic carbocycles. The minimum absolute atomic E-state index is 0.438. The van der Waals surface area contributed by atoms with Crippen molar-refractivity contribution in [1.29, 1.82) is 0 Å². The number of carboxylic acids is 1. The maximum atomic E-state index is 12.8. The van der Waals surface area contributed by atoms with E-state index in [-0.39, 0.29) is 0 Å². The molecule has 0 aromatic rings. The second-order valence-corrected chi connectivity index (χ2v) is 4.69. The third kappa shape index (κ3) is 4.40. The van der Waals surface area contributed by atoms with Crippen molar-refractivity contribution in [3.63, 3.8) is 0 Å². The molecular formula is C12H20F3NO3. The van der Waals surface area contributed by atoms with E-state index in [4.69, 9.17) is 5.11 Å². The number of rotatable bonds is 7. The number of hydrogen-bond acceptors (Lipinski definition) is 2. The van der Waals surface area contributed by atoms with Crippen LogP contribution in [-0.4, -0.2) is 28.7 Å². The molecule has 7 heteroatoms. The maximum absolute atomic E-state index is 12.8. The van der Waals surface area contributed by atoms with Crippen LogP contribution in [0.5, 0.6) is 0 Å². The van der Waals surface area contributed by atoms with Crippen LogP contribution in [0.15, 0.2) is 0 Å². The highest BCUT2D eigenvalue weighted by molar-refractivity contribution is 5.88. The van der Waals surface area contributed by atoms with Crippen molar-refractivity contribution in [1.82, 2.24) is 5.32 Å². The quantitative estimate of drug-likeness (QED) is 0.755. The van der Waals surface area contributed by atoms with Crippen LogP contribution < -0.4 is 5.32 Å². The summed E-state index contributed by atoms with van der Waals surface area (Å²) in [5.74, 6) is -3.55. The van der Waals surface area contributed by atoms with Crippen molar-refractivity contribution in [2.75, 3.05) is 0 Å². The summed E-state index contributed by atoms with van der Waals surface area (Å²) in [5.41, 5.74) is -3.25. The van der Waals surface area contributed by atoms with Gasteiger partial charge in [-0.3, -0.25) is 4.79 Å². The second kappa shape index (κ2) is 6.77. The molecular weight excluding hydrogens is 263 g/mol. The highest BCUT2D eigenvalue weighted by atomic mass is 19.4. The Morgan fingerprint density at radius 2 is 1.58 bits per heavy atom. The van der Waals surface area contributed by atoms with Gasteiger partial charge in [0.2, 0.25) is 11.4 Å². The summed E-state index contributed by atoms with van der Waals surface area (Å²) >= 11 is 0. The number of aliphatic carboxylic acids is 1. The summed E-state index contributed by atoms with van der Waals surface area (Å²) in [5, 5.41) is 10.4. The van der Waals surface area contributed by atoms with Gasteiger partial charge in [-0.25, -0.2) is 4.79 Å². The first-order chi connectivity index (χ1) is 8.60. The zero-order chi connectivity index (χ0) is 15.3. The van der Waals surface area contributed by atoms with Crippen LogP contribution in [0.25, 0.3) is 0 Å². The predicted octanol–water partition coefficient (Wildman–Crippen LogP) is 2.72. The van der Waals surface area contributed by atoms with E-state index in [0.29, 0.717) is 32.6 Å². The van der Waals surface area contributed by atoms with Gasteiger partial charge in [-0.1, -0.05) is 26.7 Å². The van der Waals surface area contributed by atoms with Gasteiger partial charge in [0.05, 0.1) is 0 Å². The van der Waals surface area contributed by atoms with Gasteiger partial charge in [-0.15, -0.1) is 0 Å². The summed E-state index contributed by atoms with van der Waals surface area (Å²) in [7, 11) is 0. The number of nitrogens with one attached hydrogen (secondary N) is 1. The lowest BCUT2D eigenvalue weighted by Gasteiger charge is -2.30. The van der Waals surface area contributed by atoms with Crippen LogP contribution in [0.2, 0.25) is 0 Å². The van der Waals surface area contributed by atoms with Gasteiger partial charge in [0.25, 0.3) is 0 Å². The summed E-state index contributed by atoms with van der Waals surface area (Å²) in [6, 6.07) is 0. The topological polar surface area (TPSA) is 66.4 Å². The second-order valence-electron chi connectivity index (χ2n) is 4.69. The SMILES string of the molecule is CCCC(CCC)C(=O)NC(C)(C(=O)O)C(F)(F)F. The molecule has 0 aliphatic rings. The Kier molecular flexibility index (Phi) is 6.32. The molecule has 1 unspecified atom stereocenters. The van der Waals surface area contributed by atoms with Gasteiger partial charge < -0.3 is 10.4 Å². The fourth-order valence-electron chi connectivity index (χ4n) is 1.70. The first-order valence-corrected chi connectivity index (χ1v) is 6.22. The molecule has 0 saturated carbocycles. The molecule has 19 heavy (non-hydrogen) atoms. The van der Waals surface area contributed by atoms with Crippen molar-refractivity contribution in [3.05, 3.63) is 0 Å².